The minimum absolute atomic E-state index is 0.366. The molecule has 2 N–H and O–H groups in total. The molecule has 0 aromatic rings. The molecule has 8 heavy (non-hydrogen) atoms. The maximum atomic E-state index is 10.3. The van der Waals surface area contributed by atoms with E-state index in [2.05, 4.69) is 0 Å². The summed E-state index contributed by atoms with van der Waals surface area (Å²) in [6.45, 7) is 0. The maximum Gasteiger partial charge on any atom is -0.0178 e. The number of nitrogens with two attached hydrogens (primary N) is 1. The van der Waals surface area contributed by atoms with Crippen molar-refractivity contribution in [1.82, 2.24) is 0 Å². The first-order valence-electron chi connectivity index (χ1n) is 2.32. The van der Waals surface area contributed by atoms with Crippen LogP contribution in [0.1, 0.15) is 0 Å². The summed E-state index contributed by atoms with van der Waals surface area (Å²) in [5, 5.41) is 10.3. The van der Waals surface area contributed by atoms with Gasteiger partial charge in [0.15, 0.2) is 0 Å². The second-order valence-electron chi connectivity index (χ2n) is 1.54. The smallest absolute Gasteiger partial charge is 0.0178 e. The average molecular weight is 108 g/mol. The van der Waals surface area contributed by atoms with Gasteiger partial charge in [0, 0.05) is 0 Å². The largest absolute Gasteiger partial charge is 0.860 e. The summed E-state index contributed by atoms with van der Waals surface area (Å²) in [5.41, 5.74) is 5.49. The number of rotatable bonds is 0. The van der Waals surface area contributed by atoms with Crippen molar-refractivity contribution in [2.45, 2.75) is 0 Å². The first-order valence-corrected chi connectivity index (χ1v) is 2.32. The van der Waals surface area contributed by atoms with Crippen LogP contribution in [0.5, 0.6) is 0 Å². The predicted octanol–water partition coefficient (Wildman–Crippen LogP) is -0.357. The van der Waals surface area contributed by atoms with E-state index in [4.69, 9.17) is 5.73 Å². The average Bonchev–Trinajstić information content (AvgIpc) is 2.12. The lowest BCUT2D eigenvalue weighted by atomic mass is 10.3. The molecule has 0 aliphatic heterocycles. The molecule has 42 valence electrons. The number of hydrogen-bond acceptors (Lipinski definition) is 2. The monoisotopic (exact) mass is 108 g/mol. The molecular weight excluding hydrogens is 102 g/mol. The molecule has 0 aromatic heterocycles. The Kier molecular flexibility index (Phi) is 1.08. The Balaban J connectivity index is 2.90. The first-order chi connectivity index (χ1) is 3.80. The van der Waals surface area contributed by atoms with Crippen molar-refractivity contribution in [2.75, 3.05) is 0 Å². The van der Waals surface area contributed by atoms with Crippen molar-refractivity contribution in [3.63, 3.8) is 0 Å². The molecule has 2 heteroatoms. The van der Waals surface area contributed by atoms with E-state index < -0.39 is 0 Å². The molecule has 2 nitrogen and oxygen atoms in total. The molecule has 0 heterocycles. The van der Waals surface area contributed by atoms with Gasteiger partial charge in [-0.05, 0) is 11.5 Å². The van der Waals surface area contributed by atoms with E-state index in [1.807, 2.05) is 0 Å². The van der Waals surface area contributed by atoms with Crippen LogP contribution in [-0.2, 0) is 0 Å². The third-order valence-corrected chi connectivity index (χ3v) is 0.947. The molecular formula is C6H6NO-. The number of allylic oxidation sites excluding steroid dienone is 5. The zero-order chi connectivity index (χ0) is 5.98. The lowest BCUT2D eigenvalue weighted by molar-refractivity contribution is -0.305. The fraction of sp³-hybridized carbons (Fsp3) is 0. The van der Waals surface area contributed by atoms with Crippen LogP contribution in [0.2, 0.25) is 0 Å². The Morgan fingerprint density at radius 1 is 1.38 bits per heavy atom. The standard InChI is InChI=1S/C6H7NO/c7-6(8)5-3-1-2-4-5/h1-4,8H,7H2/p-1. The fourth-order valence-corrected chi connectivity index (χ4v) is 0.538. The molecule has 1 rings (SSSR count). The van der Waals surface area contributed by atoms with Crippen LogP contribution in [0, 0.1) is 0 Å². The molecule has 0 fully saturated rings. The van der Waals surface area contributed by atoms with E-state index in [1.54, 1.807) is 24.3 Å². The van der Waals surface area contributed by atoms with Gasteiger partial charge >= 0.3 is 0 Å². The molecule has 1 aliphatic rings. The summed E-state index contributed by atoms with van der Waals surface area (Å²) in [6, 6.07) is 0. The maximum absolute atomic E-state index is 10.3. The Morgan fingerprint density at radius 2 is 1.88 bits per heavy atom. The molecule has 0 saturated heterocycles. The van der Waals surface area contributed by atoms with Crippen LogP contribution in [0.3, 0.4) is 0 Å². The van der Waals surface area contributed by atoms with Gasteiger partial charge in [0.1, 0.15) is 0 Å². The van der Waals surface area contributed by atoms with Crippen molar-refractivity contribution >= 4 is 0 Å². The van der Waals surface area contributed by atoms with Gasteiger partial charge in [-0.15, -0.1) is 0 Å². The zero-order valence-electron chi connectivity index (χ0n) is 4.29. The molecule has 0 saturated carbocycles. The second-order valence-corrected chi connectivity index (χ2v) is 1.54. The SMILES string of the molecule is NC([O-])=C1C=CC=C1. The van der Waals surface area contributed by atoms with Gasteiger partial charge in [0.2, 0.25) is 0 Å². The lowest BCUT2D eigenvalue weighted by Gasteiger charge is -2.04. The van der Waals surface area contributed by atoms with Crippen LogP contribution in [-0.4, -0.2) is 0 Å². The Morgan fingerprint density at radius 3 is 2.12 bits per heavy atom. The second kappa shape index (κ2) is 1.74. The summed E-state index contributed by atoms with van der Waals surface area (Å²) in [7, 11) is 0. The fourth-order valence-electron chi connectivity index (χ4n) is 0.538. The molecule has 0 spiro atoms. The van der Waals surface area contributed by atoms with Gasteiger partial charge in [0.05, 0.1) is 0 Å². The minimum Gasteiger partial charge on any atom is -0.860 e. The van der Waals surface area contributed by atoms with E-state index in [1.165, 1.54) is 0 Å². The van der Waals surface area contributed by atoms with Crippen LogP contribution < -0.4 is 10.8 Å². The highest BCUT2D eigenvalue weighted by molar-refractivity contribution is 5.40. The van der Waals surface area contributed by atoms with Gasteiger partial charge in [-0.3, -0.25) is 0 Å². The summed E-state index contributed by atoms with van der Waals surface area (Å²) in [5.74, 6) is -0.366. The van der Waals surface area contributed by atoms with Gasteiger partial charge in [-0.25, -0.2) is 0 Å². The van der Waals surface area contributed by atoms with Crippen LogP contribution >= 0.6 is 0 Å². The van der Waals surface area contributed by atoms with Crippen molar-refractivity contribution in [1.29, 1.82) is 0 Å². The number of hydrogen-bond donors (Lipinski definition) is 1. The van der Waals surface area contributed by atoms with Crippen LogP contribution in [0.15, 0.2) is 35.8 Å². The van der Waals surface area contributed by atoms with Gasteiger partial charge in [0.25, 0.3) is 0 Å². The molecule has 1 aliphatic carbocycles. The lowest BCUT2D eigenvalue weighted by Crippen LogP contribution is -2.14. The highest BCUT2D eigenvalue weighted by atomic mass is 16.3. The first kappa shape index (κ1) is 4.97. The van der Waals surface area contributed by atoms with Crippen molar-refractivity contribution in [3.05, 3.63) is 35.8 Å². The Bertz CT molecular complexity index is 159. The highest BCUT2D eigenvalue weighted by Crippen LogP contribution is 2.05. The van der Waals surface area contributed by atoms with Crippen LogP contribution in [0.4, 0.5) is 0 Å². The summed E-state index contributed by atoms with van der Waals surface area (Å²) >= 11 is 0. The molecule has 0 bridgehead atoms. The molecule has 0 atom stereocenters. The van der Waals surface area contributed by atoms with Gasteiger partial charge in [-0.2, -0.15) is 0 Å². The van der Waals surface area contributed by atoms with E-state index in [0.29, 0.717) is 5.57 Å². The van der Waals surface area contributed by atoms with E-state index in [9.17, 15) is 5.11 Å². The van der Waals surface area contributed by atoms with E-state index >= 15 is 0 Å². The Hall–Kier alpha value is -1.18. The third kappa shape index (κ3) is 0.729. The van der Waals surface area contributed by atoms with E-state index in [-0.39, 0.29) is 5.88 Å². The van der Waals surface area contributed by atoms with Gasteiger partial charge in [-0.1, -0.05) is 24.3 Å². The molecule has 0 radical (unpaired) electrons. The summed E-state index contributed by atoms with van der Waals surface area (Å²) < 4.78 is 0. The predicted molar refractivity (Wildman–Crippen MR) is 29.5 cm³/mol. The molecule has 0 amide bonds. The van der Waals surface area contributed by atoms with Gasteiger partial charge < -0.3 is 10.8 Å². The quantitative estimate of drug-likeness (QED) is 0.431. The third-order valence-electron chi connectivity index (χ3n) is 0.947. The Labute approximate surface area is 47.6 Å². The van der Waals surface area contributed by atoms with Crippen molar-refractivity contribution in [3.8, 4) is 0 Å². The minimum atomic E-state index is -0.366. The highest BCUT2D eigenvalue weighted by Gasteiger charge is 1.88. The molecule has 0 unspecified atom stereocenters. The summed E-state index contributed by atoms with van der Waals surface area (Å²) in [4.78, 5) is 0. The topological polar surface area (TPSA) is 49.1 Å². The van der Waals surface area contributed by atoms with Crippen LogP contribution in [0.25, 0.3) is 0 Å². The van der Waals surface area contributed by atoms with Crippen molar-refractivity contribution < 1.29 is 5.11 Å². The zero-order valence-corrected chi connectivity index (χ0v) is 4.29. The normalized spacial score (nSPS) is 15.2. The van der Waals surface area contributed by atoms with E-state index in [0.717, 1.165) is 0 Å². The molecule has 0 aromatic carbocycles. The van der Waals surface area contributed by atoms with Crippen molar-refractivity contribution in [2.24, 2.45) is 5.73 Å². The summed E-state index contributed by atoms with van der Waals surface area (Å²) in [6.07, 6.45) is 6.92.